The first kappa shape index (κ1) is 14.4. The normalized spacial score (nSPS) is 12.6. The highest BCUT2D eigenvalue weighted by molar-refractivity contribution is 5.86. The molecule has 1 aromatic carbocycles. The second-order valence-electron chi connectivity index (χ2n) is 5.49. The maximum atomic E-state index is 13.9. The summed E-state index contributed by atoms with van der Waals surface area (Å²) in [5.74, 6) is 0.690. The van der Waals surface area contributed by atoms with Crippen molar-refractivity contribution in [2.45, 2.75) is 13.0 Å². The van der Waals surface area contributed by atoms with Crippen LogP contribution in [0, 0.1) is 5.82 Å². The Kier molecular flexibility index (Phi) is 3.26. The quantitative estimate of drug-likeness (QED) is 0.624. The maximum absolute atomic E-state index is 13.9. The summed E-state index contributed by atoms with van der Waals surface area (Å²) in [4.78, 5) is 8.26. The van der Waals surface area contributed by atoms with Crippen LogP contribution in [0.5, 0.6) is 0 Å². The van der Waals surface area contributed by atoms with Gasteiger partial charge in [0.25, 0.3) is 0 Å². The maximum Gasteiger partial charge on any atom is 0.159 e. The zero-order chi connectivity index (χ0) is 16.7. The van der Waals surface area contributed by atoms with Crippen LogP contribution in [-0.4, -0.2) is 19.7 Å². The van der Waals surface area contributed by atoms with E-state index in [2.05, 4.69) is 15.1 Å². The number of aromatic nitrogens is 4. The summed E-state index contributed by atoms with van der Waals surface area (Å²) < 4.78 is 21.2. The molecule has 0 bridgehead atoms. The molecular weight excluding hydrogens is 309 g/mol. The Balaban J connectivity index is 1.74. The molecule has 0 saturated carbocycles. The van der Waals surface area contributed by atoms with Crippen LogP contribution in [-0.2, 0) is 0 Å². The summed E-state index contributed by atoms with van der Waals surface area (Å²) in [6, 6.07) is 9.88. The largest absolute Gasteiger partial charge is 0.383 e. The van der Waals surface area contributed by atoms with Crippen molar-refractivity contribution < 1.29 is 8.91 Å². The van der Waals surface area contributed by atoms with Crippen molar-refractivity contribution >= 4 is 16.9 Å². The number of halogens is 1. The molecule has 3 heterocycles. The van der Waals surface area contributed by atoms with Gasteiger partial charge in [-0.05, 0) is 25.1 Å². The number of nitrogen functional groups attached to an aromatic ring is 1. The number of anilines is 1. The summed E-state index contributed by atoms with van der Waals surface area (Å²) >= 11 is 0. The van der Waals surface area contributed by atoms with Crippen LogP contribution in [0.15, 0.2) is 53.4 Å². The van der Waals surface area contributed by atoms with Crippen LogP contribution < -0.4 is 5.73 Å². The van der Waals surface area contributed by atoms with E-state index in [1.807, 2.05) is 23.8 Å². The fourth-order valence-corrected chi connectivity index (χ4v) is 2.72. The molecule has 0 fully saturated rings. The number of nitrogens with two attached hydrogens (primary N) is 1. The van der Waals surface area contributed by atoms with Gasteiger partial charge in [0.2, 0.25) is 0 Å². The van der Waals surface area contributed by atoms with Gasteiger partial charge in [0.05, 0.1) is 11.4 Å². The van der Waals surface area contributed by atoms with E-state index in [1.54, 1.807) is 24.3 Å². The van der Waals surface area contributed by atoms with Crippen molar-refractivity contribution in [2.24, 2.45) is 0 Å². The Morgan fingerprint density at radius 1 is 1.21 bits per heavy atom. The van der Waals surface area contributed by atoms with Crippen molar-refractivity contribution in [3.63, 3.8) is 0 Å². The first-order chi connectivity index (χ1) is 11.6. The van der Waals surface area contributed by atoms with Crippen LogP contribution in [0.1, 0.15) is 18.7 Å². The van der Waals surface area contributed by atoms with E-state index in [4.69, 9.17) is 10.3 Å². The van der Waals surface area contributed by atoms with Gasteiger partial charge in [0.1, 0.15) is 29.3 Å². The van der Waals surface area contributed by atoms with E-state index >= 15 is 0 Å². The number of fused-ring (bicyclic) bond motifs is 1. The lowest BCUT2D eigenvalue weighted by Crippen LogP contribution is -2.05. The van der Waals surface area contributed by atoms with Gasteiger partial charge in [-0.25, -0.2) is 14.4 Å². The van der Waals surface area contributed by atoms with E-state index in [9.17, 15) is 4.39 Å². The molecule has 3 aromatic heterocycles. The van der Waals surface area contributed by atoms with Gasteiger partial charge in [0.15, 0.2) is 5.76 Å². The zero-order valence-corrected chi connectivity index (χ0v) is 12.8. The van der Waals surface area contributed by atoms with Gasteiger partial charge in [-0.1, -0.05) is 17.3 Å². The summed E-state index contributed by atoms with van der Waals surface area (Å²) in [5.41, 5.74) is 7.44. The third-order valence-electron chi connectivity index (χ3n) is 4.05. The smallest absolute Gasteiger partial charge is 0.159 e. The summed E-state index contributed by atoms with van der Waals surface area (Å²) in [6.45, 7) is 1.95. The van der Waals surface area contributed by atoms with Gasteiger partial charge < -0.3 is 14.8 Å². The Morgan fingerprint density at radius 3 is 2.88 bits per heavy atom. The fraction of sp³-hybridized carbons (Fsp3) is 0.118. The minimum Gasteiger partial charge on any atom is -0.383 e. The lowest BCUT2D eigenvalue weighted by Gasteiger charge is -2.11. The SMILES string of the molecule is CC(c1cc(-c2ccccc2F)no1)n1ccc2c(N)ncnc21. The molecule has 0 saturated heterocycles. The van der Waals surface area contributed by atoms with Crippen molar-refractivity contribution in [3.8, 4) is 11.3 Å². The molecule has 4 aromatic rings. The Labute approximate surface area is 136 Å². The summed E-state index contributed by atoms with van der Waals surface area (Å²) in [5, 5.41) is 4.77. The molecule has 0 aliphatic heterocycles. The second kappa shape index (κ2) is 5.45. The molecule has 4 rings (SSSR count). The highest BCUT2D eigenvalue weighted by Crippen LogP contribution is 2.29. The first-order valence-electron chi connectivity index (χ1n) is 7.43. The monoisotopic (exact) mass is 323 g/mol. The molecule has 24 heavy (non-hydrogen) atoms. The van der Waals surface area contributed by atoms with Gasteiger partial charge in [-0.3, -0.25) is 0 Å². The van der Waals surface area contributed by atoms with Gasteiger partial charge in [-0.15, -0.1) is 0 Å². The van der Waals surface area contributed by atoms with Crippen molar-refractivity contribution in [3.05, 3.63) is 60.5 Å². The Bertz CT molecular complexity index is 1020. The van der Waals surface area contributed by atoms with E-state index in [0.717, 1.165) is 5.39 Å². The molecule has 0 aliphatic rings. The lowest BCUT2D eigenvalue weighted by atomic mass is 10.1. The summed E-state index contributed by atoms with van der Waals surface area (Å²) in [6.07, 6.45) is 3.29. The van der Waals surface area contributed by atoms with Crippen LogP contribution in [0.4, 0.5) is 10.2 Å². The van der Waals surface area contributed by atoms with Crippen LogP contribution in [0.3, 0.4) is 0 Å². The molecule has 0 amide bonds. The van der Waals surface area contributed by atoms with E-state index in [-0.39, 0.29) is 11.9 Å². The summed E-state index contributed by atoms with van der Waals surface area (Å²) in [7, 11) is 0. The van der Waals surface area contributed by atoms with Gasteiger partial charge in [0, 0.05) is 17.8 Å². The molecule has 6 nitrogen and oxygen atoms in total. The minimum atomic E-state index is -0.336. The van der Waals surface area contributed by atoms with Crippen LogP contribution in [0.25, 0.3) is 22.3 Å². The minimum absolute atomic E-state index is 0.176. The lowest BCUT2D eigenvalue weighted by molar-refractivity contribution is 0.356. The predicted octanol–water partition coefficient (Wildman–Crippen LogP) is 3.42. The van der Waals surface area contributed by atoms with Crippen molar-refractivity contribution in [1.29, 1.82) is 0 Å². The molecule has 0 radical (unpaired) electrons. The number of rotatable bonds is 3. The van der Waals surface area contributed by atoms with Gasteiger partial charge >= 0.3 is 0 Å². The molecule has 7 heteroatoms. The van der Waals surface area contributed by atoms with E-state index < -0.39 is 0 Å². The van der Waals surface area contributed by atoms with E-state index in [1.165, 1.54) is 12.4 Å². The standard InChI is InChI=1S/C17H14FN5O/c1-10(23-7-6-12-16(19)20-9-21-17(12)23)15-8-14(22-24-15)11-4-2-3-5-13(11)18/h2-10H,1H3,(H2,19,20,21). The molecule has 1 atom stereocenters. The van der Waals surface area contributed by atoms with Crippen molar-refractivity contribution in [1.82, 2.24) is 19.7 Å². The highest BCUT2D eigenvalue weighted by atomic mass is 19.1. The average Bonchev–Trinajstić information content (AvgIpc) is 3.22. The highest BCUT2D eigenvalue weighted by Gasteiger charge is 2.19. The number of hydrogen-bond donors (Lipinski definition) is 1. The molecule has 0 aliphatic carbocycles. The Hall–Kier alpha value is -3.22. The number of hydrogen-bond acceptors (Lipinski definition) is 5. The zero-order valence-electron chi connectivity index (χ0n) is 12.8. The second-order valence-corrected chi connectivity index (χ2v) is 5.49. The fourth-order valence-electron chi connectivity index (χ4n) is 2.72. The molecule has 0 spiro atoms. The molecule has 2 N–H and O–H groups in total. The van der Waals surface area contributed by atoms with Crippen molar-refractivity contribution in [2.75, 3.05) is 5.73 Å². The average molecular weight is 323 g/mol. The van der Waals surface area contributed by atoms with Gasteiger partial charge in [-0.2, -0.15) is 0 Å². The van der Waals surface area contributed by atoms with Crippen LogP contribution in [0.2, 0.25) is 0 Å². The van der Waals surface area contributed by atoms with Crippen LogP contribution >= 0.6 is 0 Å². The molecular formula is C17H14FN5O. The third kappa shape index (κ3) is 2.21. The number of nitrogens with zero attached hydrogens (tertiary/aromatic N) is 4. The van der Waals surface area contributed by atoms with E-state index in [0.29, 0.717) is 28.5 Å². The predicted molar refractivity (Wildman–Crippen MR) is 87.7 cm³/mol. The Morgan fingerprint density at radius 2 is 2.04 bits per heavy atom. The number of benzene rings is 1. The third-order valence-corrected chi connectivity index (χ3v) is 4.05. The topological polar surface area (TPSA) is 82.8 Å². The molecule has 1 unspecified atom stereocenters. The first-order valence-corrected chi connectivity index (χ1v) is 7.43. The molecule has 120 valence electrons.